The highest BCUT2D eigenvalue weighted by molar-refractivity contribution is 5.93. The van der Waals surface area contributed by atoms with E-state index in [4.69, 9.17) is 16.0 Å². The second-order valence-electron chi connectivity index (χ2n) is 10.0. The van der Waals surface area contributed by atoms with E-state index in [0.29, 0.717) is 29.2 Å². The molecule has 0 spiro atoms. The summed E-state index contributed by atoms with van der Waals surface area (Å²) in [5.74, 6) is -2.75. The van der Waals surface area contributed by atoms with Gasteiger partial charge in [0, 0.05) is 30.2 Å². The number of carbonyl (C=O) groups is 1. The minimum atomic E-state index is -1.38. The third-order valence-corrected chi connectivity index (χ3v) is 7.27. The Morgan fingerprint density at radius 3 is 2.60 bits per heavy atom. The molecular formula is C32H23F3N4O4. The molecule has 8 nitrogen and oxygen atoms in total. The number of pyridine rings is 1. The molecule has 1 atom stereocenters. The standard InChI is InChI=1S/C32H23F3N4O4/c1-36-20-7-6-19(24(33)15-20)17-43-29-4-2-3-26(38-29)22-8-5-18(13-25(22)34)14-28-37-27-10-9-23(32(40)41)30(35)31(27)39(28)16-21-11-12-42-21/h2-10,13,15,21H,11-12,14,16-17H2,(H,40,41)/t21-/m0/s1. The molecule has 3 heterocycles. The summed E-state index contributed by atoms with van der Waals surface area (Å²) in [4.78, 5) is 23.6. The van der Waals surface area contributed by atoms with Crippen LogP contribution in [0.4, 0.5) is 18.9 Å². The van der Waals surface area contributed by atoms with Gasteiger partial charge in [-0.25, -0.2) is 32.8 Å². The average molecular weight is 585 g/mol. The molecule has 5 aromatic rings. The molecule has 1 fully saturated rings. The second-order valence-corrected chi connectivity index (χ2v) is 10.0. The fourth-order valence-electron chi connectivity index (χ4n) is 4.94. The largest absolute Gasteiger partial charge is 0.478 e. The van der Waals surface area contributed by atoms with Crippen LogP contribution in [0, 0.1) is 24.0 Å². The Kier molecular flexibility index (Phi) is 7.52. The number of ether oxygens (including phenoxy) is 2. The average Bonchev–Trinajstić information content (AvgIpc) is 3.31. The van der Waals surface area contributed by atoms with E-state index < -0.39 is 29.0 Å². The van der Waals surface area contributed by atoms with Gasteiger partial charge >= 0.3 is 5.97 Å². The first-order valence-electron chi connectivity index (χ1n) is 13.4. The molecule has 11 heteroatoms. The zero-order valence-electron chi connectivity index (χ0n) is 22.6. The van der Waals surface area contributed by atoms with Crippen molar-refractivity contribution in [2.45, 2.75) is 32.1 Å². The Bertz CT molecular complexity index is 1910. The molecular weight excluding hydrogens is 561 g/mol. The molecule has 1 aliphatic heterocycles. The van der Waals surface area contributed by atoms with Crippen LogP contribution in [0.1, 0.15) is 33.7 Å². The molecule has 0 amide bonds. The fraction of sp³-hybridized carbons (Fsp3) is 0.188. The number of hydrogen-bond acceptors (Lipinski definition) is 5. The number of aromatic nitrogens is 3. The number of benzene rings is 3. The van der Waals surface area contributed by atoms with Crippen molar-refractivity contribution in [1.29, 1.82) is 0 Å². The van der Waals surface area contributed by atoms with Gasteiger partial charge in [-0.2, -0.15) is 0 Å². The van der Waals surface area contributed by atoms with Gasteiger partial charge in [-0.15, -0.1) is 0 Å². The summed E-state index contributed by atoms with van der Waals surface area (Å²) in [6, 6.07) is 16.2. The summed E-state index contributed by atoms with van der Waals surface area (Å²) in [7, 11) is 0. The monoisotopic (exact) mass is 584 g/mol. The molecule has 2 aromatic heterocycles. The quantitative estimate of drug-likeness (QED) is 0.194. The summed E-state index contributed by atoms with van der Waals surface area (Å²) < 4.78 is 57.7. The molecule has 0 aliphatic carbocycles. The smallest absolute Gasteiger partial charge is 0.338 e. The van der Waals surface area contributed by atoms with Crippen molar-refractivity contribution in [3.8, 4) is 17.1 Å². The van der Waals surface area contributed by atoms with E-state index in [1.807, 2.05) is 0 Å². The normalized spacial score (nSPS) is 14.3. The third-order valence-electron chi connectivity index (χ3n) is 7.27. The Hall–Kier alpha value is -5.21. The molecule has 1 aliphatic rings. The molecule has 1 N–H and O–H groups in total. The lowest BCUT2D eigenvalue weighted by atomic mass is 10.1. The fourth-order valence-corrected chi connectivity index (χ4v) is 4.94. The van der Waals surface area contributed by atoms with Crippen LogP contribution in [0.25, 0.3) is 27.1 Å². The topological polar surface area (TPSA) is 90.8 Å². The van der Waals surface area contributed by atoms with E-state index in [1.165, 1.54) is 30.3 Å². The number of fused-ring (bicyclic) bond motifs is 1. The Morgan fingerprint density at radius 2 is 1.91 bits per heavy atom. The maximum Gasteiger partial charge on any atom is 0.338 e. The van der Waals surface area contributed by atoms with Crippen molar-refractivity contribution in [2.75, 3.05) is 6.61 Å². The molecule has 216 valence electrons. The Balaban J connectivity index is 1.25. The molecule has 0 bridgehead atoms. The molecule has 3 aromatic carbocycles. The van der Waals surface area contributed by atoms with Crippen LogP contribution in [0.15, 0.2) is 66.7 Å². The van der Waals surface area contributed by atoms with Gasteiger partial charge in [0.1, 0.15) is 29.6 Å². The number of hydrogen-bond donors (Lipinski definition) is 1. The van der Waals surface area contributed by atoms with E-state index in [1.54, 1.807) is 34.9 Å². The minimum absolute atomic E-state index is 0.0747. The molecule has 0 unspecified atom stereocenters. The van der Waals surface area contributed by atoms with E-state index in [-0.39, 0.29) is 53.9 Å². The highest BCUT2D eigenvalue weighted by Gasteiger charge is 2.25. The van der Waals surface area contributed by atoms with Crippen molar-refractivity contribution in [2.24, 2.45) is 0 Å². The van der Waals surface area contributed by atoms with Crippen molar-refractivity contribution >= 4 is 22.7 Å². The highest BCUT2D eigenvalue weighted by Crippen LogP contribution is 2.29. The molecule has 0 radical (unpaired) electrons. The molecule has 0 saturated carbocycles. The van der Waals surface area contributed by atoms with Gasteiger partial charge < -0.3 is 19.1 Å². The number of aromatic carboxylic acids is 1. The molecule has 43 heavy (non-hydrogen) atoms. The predicted octanol–water partition coefficient (Wildman–Crippen LogP) is 6.72. The number of imidazole rings is 1. The summed E-state index contributed by atoms with van der Waals surface area (Å²) in [6.07, 6.45) is 0.787. The van der Waals surface area contributed by atoms with Crippen LogP contribution in [-0.4, -0.2) is 38.3 Å². The van der Waals surface area contributed by atoms with Crippen LogP contribution in [0.5, 0.6) is 5.88 Å². The number of carboxylic acids is 1. The number of rotatable bonds is 9. The van der Waals surface area contributed by atoms with Crippen molar-refractivity contribution in [1.82, 2.24) is 14.5 Å². The summed E-state index contributed by atoms with van der Waals surface area (Å²) in [5.41, 5.74) is 1.46. The summed E-state index contributed by atoms with van der Waals surface area (Å²) in [6.45, 7) is 7.74. The zero-order valence-corrected chi connectivity index (χ0v) is 22.6. The van der Waals surface area contributed by atoms with Gasteiger partial charge in [0.05, 0.1) is 36.0 Å². The van der Waals surface area contributed by atoms with Gasteiger partial charge in [0.25, 0.3) is 0 Å². The number of carboxylic acid groups (broad SMARTS) is 1. The summed E-state index contributed by atoms with van der Waals surface area (Å²) >= 11 is 0. The van der Waals surface area contributed by atoms with Crippen molar-refractivity contribution in [3.05, 3.63) is 118 Å². The van der Waals surface area contributed by atoms with Crippen LogP contribution in [0.3, 0.4) is 0 Å². The SMILES string of the molecule is [C-]#[N+]c1ccc(COc2cccc(-c3ccc(Cc4nc5ccc(C(=O)O)c(F)c5n4C[C@@H]4CCO4)cc3F)n2)c(F)c1. The van der Waals surface area contributed by atoms with Gasteiger partial charge in [0.2, 0.25) is 5.88 Å². The first kappa shape index (κ1) is 27.9. The van der Waals surface area contributed by atoms with Crippen LogP contribution in [0.2, 0.25) is 0 Å². The van der Waals surface area contributed by atoms with E-state index in [2.05, 4.69) is 14.8 Å². The van der Waals surface area contributed by atoms with E-state index in [0.717, 1.165) is 12.5 Å². The van der Waals surface area contributed by atoms with Crippen molar-refractivity contribution < 1.29 is 32.5 Å². The molecule has 1 saturated heterocycles. The zero-order chi connectivity index (χ0) is 30.1. The maximum atomic E-state index is 15.4. The van der Waals surface area contributed by atoms with Crippen LogP contribution < -0.4 is 4.74 Å². The first-order chi connectivity index (χ1) is 20.8. The van der Waals surface area contributed by atoms with Gasteiger partial charge in [-0.1, -0.05) is 24.3 Å². The van der Waals surface area contributed by atoms with Crippen LogP contribution >= 0.6 is 0 Å². The second kappa shape index (κ2) is 11.6. The van der Waals surface area contributed by atoms with Crippen molar-refractivity contribution in [3.63, 3.8) is 0 Å². The lowest BCUT2D eigenvalue weighted by molar-refractivity contribution is -0.0590. The molecule has 6 rings (SSSR count). The number of halogens is 3. The summed E-state index contributed by atoms with van der Waals surface area (Å²) in [5, 5.41) is 9.40. The maximum absolute atomic E-state index is 15.4. The van der Waals surface area contributed by atoms with Gasteiger partial charge in [-0.3, -0.25) is 0 Å². The Labute approximate surface area is 243 Å². The third kappa shape index (κ3) is 5.65. The Morgan fingerprint density at radius 1 is 1.07 bits per heavy atom. The van der Waals surface area contributed by atoms with Crippen LogP contribution in [-0.2, 0) is 24.3 Å². The highest BCUT2D eigenvalue weighted by atomic mass is 19.1. The van der Waals surface area contributed by atoms with E-state index in [9.17, 15) is 14.3 Å². The van der Waals surface area contributed by atoms with E-state index >= 15 is 8.78 Å². The minimum Gasteiger partial charge on any atom is -0.478 e. The predicted molar refractivity (Wildman–Crippen MR) is 150 cm³/mol. The first-order valence-corrected chi connectivity index (χ1v) is 13.4. The van der Waals surface area contributed by atoms with Gasteiger partial charge in [-0.05, 0) is 48.4 Å². The number of nitrogens with zero attached hydrogens (tertiary/aromatic N) is 4. The lowest BCUT2D eigenvalue weighted by Gasteiger charge is -2.27. The van der Waals surface area contributed by atoms with Gasteiger partial charge in [0.15, 0.2) is 11.5 Å². The lowest BCUT2D eigenvalue weighted by Crippen LogP contribution is -2.32.